The van der Waals surface area contributed by atoms with E-state index in [0.29, 0.717) is 0 Å². The molecular formula is C14H20N2. The third-order valence-electron chi connectivity index (χ3n) is 3.95. The summed E-state index contributed by atoms with van der Waals surface area (Å²) in [5.74, 6) is 0. The van der Waals surface area contributed by atoms with Gasteiger partial charge in [-0.3, -0.25) is 4.90 Å². The van der Waals surface area contributed by atoms with Gasteiger partial charge in [-0.25, -0.2) is 0 Å². The summed E-state index contributed by atoms with van der Waals surface area (Å²) in [7, 11) is 0. The Labute approximate surface area is 97.9 Å². The lowest BCUT2D eigenvalue weighted by Crippen LogP contribution is -2.50. The fraction of sp³-hybridized carbons (Fsp3) is 0.571. The van der Waals surface area contributed by atoms with Crippen LogP contribution in [0, 0.1) is 6.92 Å². The van der Waals surface area contributed by atoms with E-state index in [9.17, 15) is 0 Å². The van der Waals surface area contributed by atoms with Crippen molar-refractivity contribution >= 4 is 5.69 Å². The van der Waals surface area contributed by atoms with Crippen molar-refractivity contribution in [3.8, 4) is 0 Å². The van der Waals surface area contributed by atoms with Gasteiger partial charge in [0.1, 0.15) is 0 Å². The molecule has 86 valence electrons. The standard InChI is InChI=1S/C14H20N2/c1-12-4-2-5-13(10-12)16-9-8-15-7-3-6-14(15)11-16/h2,4-5,10,14H,3,6-9,11H2,1H3. The Morgan fingerprint density at radius 3 is 3.00 bits per heavy atom. The highest BCUT2D eigenvalue weighted by atomic mass is 15.3. The first-order valence-electron chi connectivity index (χ1n) is 6.38. The molecule has 16 heavy (non-hydrogen) atoms. The summed E-state index contributed by atoms with van der Waals surface area (Å²) in [4.78, 5) is 5.21. The second-order valence-corrected chi connectivity index (χ2v) is 5.12. The molecule has 0 N–H and O–H groups in total. The largest absolute Gasteiger partial charge is 0.369 e. The molecule has 2 nitrogen and oxygen atoms in total. The summed E-state index contributed by atoms with van der Waals surface area (Å²) in [5.41, 5.74) is 2.78. The van der Waals surface area contributed by atoms with Crippen molar-refractivity contribution in [2.24, 2.45) is 0 Å². The van der Waals surface area contributed by atoms with Gasteiger partial charge in [0.25, 0.3) is 0 Å². The minimum Gasteiger partial charge on any atom is -0.369 e. The first-order chi connectivity index (χ1) is 7.83. The minimum atomic E-state index is 0.814. The summed E-state index contributed by atoms with van der Waals surface area (Å²) < 4.78 is 0. The van der Waals surface area contributed by atoms with Gasteiger partial charge in [0.05, 0.1) is 0 Å². The van der Waals surface area contributed by atoms with Gasteiger partial charge in [0.15, 0.2) is 0 Å². The van der Waals surface area contributed by atoms with E-state index < -0.39 is 0 Å². The van der Waals surface area contributed by atoms with Gasteiger partial charge in [-0.1, -0.05) is 12.1 Å². The van der Waals surface area contributed by atoms with Crippen molar-refractivity contribution in [1.82, 2.24) is 4.90 Å². The third-order valence-corrected chi connectivity index (χ3v) is 3.95. The number of nitrogens with zero attached hydrogens (tertiary/aromatic N) is 2. The second-order valence-electron chi connectivity index (χ2n) is 5.12. The summed E-state index contributed by atoms with van der Waals surface area (Å²) in [6.07, 6.45) is 2.79. The quantitative estimate of drug-likeness (QED) is 0.710. The number of anilines is 1. The average Bonchev–Trinajstić information content (AvgIpc) is 2.75. The van der Waals surface area contributed by atoms with Crippen molar-refractivity contribution in [3.63, 3.8) is 0 Å². The SMILES string of the molecule is Cc1cccc(N2CCN3CCCC3C2)c1. The maximum absolute atomic E-state index is 2.66. The molecule has 1 aromatic carbocycles. The molecule has 2 aliphatic heterocycles. The van der Waals surface area contributed by atoms with Crippen LogP contribution in [0.1, 0.15) is 18.4 Å². The van der Waals surface area contributed by atoms with Crippen LogP contribution < -0.4 is 4.90 Å². The Morgan fingerprint density at radius 1 is 1.19 bits per heavy atom. The lowest BCUT2D eigenvalue weighted by Gasteiger charge is -2.38. The molecule has 0 amide bonds. The summed E-state index contributed by atoms with van der Waals surface area (Å²) in [6.45, 7) is 7.17. The van der Waals surface area contributed by atoms with E-state index in [1.165, 1.54) is 50.3 Å². The maximum atomic E-state index is 2.66. The van der Waals surface area contributed by atoms with Crippen LogP contribution in [0.25, 0.3) is 0 Å². The van der Waals surface area contributed by atoms with Gasteiger partial charge in [0.2, 0.25) is 0 Å². The molecule has 1 unspecified atom stereocenters. The zero-order valence-corrected chi connectivity index (χ0v) is 10.0. The number of fused-ring (bicyclic) bond motifs is 1. The predicted molar refractivity (Wildman–Crippen MR) is 68.0 cm³/mol. The van der Waals surface area contributed by atoms with E-state index in [1.807, 2.05) is 0 Å². The lowest BCUT2D eigenvalue weighted by molar-refractivity contribution is 0.231. The van der Waals surface area contributed by atoms with Crippen molar-refractivity contribution < 1.29 is 0 Å². The average molecular weight is 216 g/mol. The summed E-state index contributed by atoms with van der Waals surface area (Å²) >= 11 is 0. The molecule has 2 heterocycles. The van der Waals surface area contributed by atoms with Crippen LogP contribution in [0.2, 0.25) is 0 Å². The summed E-state index contributed by atoms with van der Waals surface area (Å²) in [5, 5.41) is 0. The van der Waals surface area contributed by atoms with Crippen molar-refractivity contribution in [3.05, 3.63) is 29.8 Å². The smallest absolute Gasteiger partial charge is 0.0369 e. The number of piperazine rings is 1. The van der Waals surface area contributed by atoms with E-state index in [1.54, 1.807) is 0 Å². The van der Waals surface area contributed by atoms with Crippen LogP contribution in [0.4, 0.5) is 5.69 Å². The zero-order valence-electron chi connectivity index (χ0n) is 10.0. The molecule has 0 aliphatic carbocycles. The molecule has 2 heteroatoms. The molecule has 0 bridgehead atoms. The molecule has 1 atom stereocenters. The van der Waals surface area contributed by atoms with Crippen molar-refractivity contribution in [1.29, 1.82) is 0 Å². The van der Waals surface area contributed by atoms with Crippen LogP contribution >= 0.6 is 0 Å². The molecule has 0 radical (unpaired) electrons. The topological polar surface area (TPSA) is 6.48 Å². The molecule has 0 aromatic heterocycles. The van der Waals surface area contributed by atoms with Crippen LogP contribution in [0.5, 0.6) is 0 Å². The van der Waals surface area contributed by atoms with E-state index in [-0.39, 0.29) is 0 Å². The molecule has 3 rings (SSSR count). The van der Waals surface area contributed by atoms with Gasteiger partial charge in [-0.15, -0.1) is 0 Å². The highest BCUT2D eigenvalue weighted by Crippen LogP contribution is 2.25. The van der Waals surface area contributed by atoms with Crippen molar-refractivity contribution in [2.45, 2.75) is 25.8 Å². The first-order valence-corrected chi connectivity index (χ1v) is 6.38. The Balaban J connectivity index is 1.76. The minimum absolute atomic E-state index is 0.814. The second kappa shape index (κ2) is 4.10. The number of hydrogen-bond donors (Lipinski definition) is 0. The van der Waals surface area contributed by atoms with Gasteiger partial charge in [-0.2, -0.15) is 0 Å². The van der Waals surface area contributed by atoms with Gasteiger partial charge in [-0.05, 0) is 44.0 Å². The van der Waals surface area contributed by atoms with Gasteiger partial charge >= 0.3 is 0 Å². The normalized spacial score (nSPS) is 25.8. The molecule has 0 saturated carbocycles. The fourth-order valence-corrected chi connectivity index (χ4v) is 3.05. The highest BCUT2D eigenvalue weighted by molar-refractivity contribution is 5.49. The van der Waals surface area contributed by atoms with Gasteiger partial charge < -0.3 is 4.90 Å². The number of aryl methyl sites for hydroxylation is 1. The summed E-state index contributed by atoms with van der Waals surface area (Å²) in [6, 6.07) is 9.72. The van der Waals surface area contributed by atoms with Crippen LogP contribution in [-0.4, -0.2) is 37.1 Å². The fourth-order valence-electron chi connectivity index (χ4n) is 3.05. The van der Waals surface area contributed by atoms with Crippen LogP contribution in [0.15, 0.2) is 24.3 Å². The van der Waals surface area contributed by atoms with Crippen LogP contribution in [0.3, 0.4) is 0 Å². The first kappa shape index (κ1) is 10.2. The molecular weight excluding hydrogens is 196 g/mol. The monoisotopic (exact) mass is 216 g/mol. The van der Waals surface area contributed by atoms with Gasteiger partial charge in [0, 0.05) is 31.4 Å². The number of benzene rings is 1. The Hall–Kier alpha value is -1.02. The van der Waals surface area contributed by atoms with E-state index in [2.05, 4.69) is 41.0 Å². The molecule has 2 aliphatic rings. The molecule has 0 spiro atoms. The predicted octanol–water partition coefficient (Wildman–Crippen LogP) is 2.28. The number of hydrogen-bond acceptors (Lipinski definition) is 2. The zero-order chi connectivity index (χ0) is 11.0. The molecule has 2 saturated heterocycles. The Morgan fingerprint density at radius 2 is 2.12 bits per heavy atom. The Kier molecular flexibility index (Phi) is 2.60. The lowest BCUT2D eigenvalue weighted by atomic mass is 10.1. The molecule has 1 aromatic rings. The number of rotatable bonds is 1. The Bertz CT molecular complexity index is 375. The van der Waals surface area contributed by atoms with E-state index in [4.69, 9.17) is 0 Å². The maximum Gasteiger partial charge on any atom is 0.0369 e. The van der Waals surface area contributed by atoms with Crippen molar-refractivity contribution in [2.75, 3.05) is 31.1 Å². The highest BCUT2D eigenvalue weighted by Gasteiger charge is 2.30. The van der Waals surface area contributed by atoms with Crippen LogP contribution in [-0.2, 0) is 0 Å². The van der Waals surface area contributed by atoms with E-state index in [0.717, 1.165) is 6.04 Å². The third kappa shape index (κ3) is 1.82. The van der Waals surface area contributed by atoms with E-state index >= 15 is 0 Å². The molecule has 2 fully saturated rings.